The zero-order valence-electron chi connectivity index (χ0n) is 24.6. The van der Waals surface area contributed by atoms with E-state index < -0.39 is 17.3 Å². The quantitative estimate of drug-likeness (QED) is 0.383. The first kappa shape index (κ1) is 30.4. The van der Waals surface area contributed by atoms with E-state index in [1.54, 1.807) is 16.6 Å². The maximum absolute atomic E-state index is 13.7. The van der Waals surface area contributed by atoms with Crippen molar-refractivity contribution in [3.05, 3.63) is 65.0 Å². The molecule has 4 rings (SSSR count). The molecule has 2 aromatic carbocycles. The summed E-state index contributed by atoms with van der Waals surface area (Å²) in [5, 5.41) is 17.5. The monoisotopic (exact) mass is 576 g/mol. The summed E-state index contributed by atoms with van der Waals surface area (Å²) in [5.41, 5.74) is 8.22. The third-order valence-corrected chi connectivity index (χ3v) is 7.34. The van der Waals surface area contributed by atoms with Gasteiger partial charge in [0.1, 0.15) is 40.3 Å². The molecule has 0 aliphatic heterocycles. The molecule has 2 amide bonds. The van der Waals surface area contributed by atoms with Crippen molar-refractivity contribution in [1.29, 1.82) is 5.26 Å². The van der Waals surface area contributed by atoms with Crippen LogP contribution in [0.2, 0.25) is 0 Å². The van der Waals surface area contributed by atoms with Crippen LogP contribution in [0.3, 0.4) is 0 Å². The smallest absolute Gasteiger partial charge is 0.410 e. The Kier molecular flexibility index (Phi) is 9.05. The van der Waals surface area contributed by atoms with Gasteiger partial charge in [0.25, 0.3) is 5.91 Å². The fourth-order valence-corrected chi connectivity index (χ4v) is 5.15. The fourth-order valence-electron chi connectivity index (χ4n) is 5.15. The molecule has 1 aliphatic carbocycles. The number of nitriles is 1. The first-order valence-corrected chi connectivity index (χ1v) is 13.9. The van der Waals surface area contributed by atoms with E-state index in [1.807, 2.05) is 45.0 Å². The second-order valence-corrected chi connectivity index (χ2v) is 11.5. The van der Waals surface area contributed by atoms with E-state index in [0.29, 0.717) is 23.5 Å². The molecule has 10 nitrogen and oxygen atoms in total. The SMILES string of the molecule is COc1ccc(F)cc1C(=O)NCc1ccc(-c2nn([C@H]3CCC[C@H](N(C)C(=O)OC(C)(C)C)C3)c(N)c2C#N)cc1. The third-order valence-electron chi connectivity index (χ3n) is 7.34. The van der Waals surface area contributed by atoms with Gasteiger partial charge in [0.15, 0.2) is 0 Å². The number of hydrogen-bond acceptors (Lipinski definition) is 7. The highest BCUT2D eigenvalue weighted by atomic mass is 19.1. The van der Waals surface area contributed by atoms with E-state index in [0.717, 1.165) is 30.9 Å². The van der Waals surface area contributed by atoms with Crippen LogP contribution in [0.25, 0.3) is 11.3 Å². The molecular weight excluding hydrogens is 539 g/mol. The Hall–Kier alpha value is -4.59. The minimum absolute atomic E-state index is 0.0435. The number of nitrogens with one attached hydrogen (secondary N) is 1. The van der Waals surface area contributed by atoms with E-state index >= 15 is 0 Å². The van der Waals surface area contributed by atoms with Crippen molar-refractivity contribution in [2.75, 3.05) is 19.9 Å². The van der Waals surface area contributed by atoms with E-state index in [-0.39, 0.29) is 41.6 Å². The fraction of sp³-hybridized carbons (Fsp3) is 0.419. The number of halogens is 1. The van der Waals surface area contributed by atoms with Crippen molar-refractivity contribution in [3.63, 3.8) is 0 Å². The zero-order valence-corrected chi connectivity index (χ0v) is 24.6. The summed E-state index contributed by atoms with van der Waals surface area (Å²) >= 11 is 0. The summed E-state index contributed by atoms with van der Waals surface area (Å²) in [6, 6.07) is 13.1. The number of anilines is 1. The Balaban J connectivity index is 1.48. The molecule has 3 aromatic rings. The molecule has 42 heavy (non-hydrogen) atoms. The van der Waals surface area contributed by atoms with Gasteiger partial charge in [-0.1, -0.05) is 24.3 Å². The number of rotatable bonds is 7. The lowest BCUT2D eigenvalue weighted by molar-refractivity contribution is 0.0165. The Labute approximate surface area is 245 Å². The highest BCUT2D eigenvalue weighted by Gasteiger charge is 2.33. The Bertz CT molecular complexity index is 1490. The topological polar surface area (TPSA) is 136 Å². The molecule has 0 spiro atoms. The normalized spacial score (nSPS) is 16.8. The van der Waals surface area contributed by atoms with Crippen molar-refractivity contribution >= 4 is 17.8 Å². The summed E-state index contributed by atoms with van der Waals surface area (Å²) in [6.45, 7) is 5.72. The van der Waals surface area contributed by atoms with E-state index in [4.69, 9.17) is 20.3 Å². The zero-order chi connectivity index (χ0) is 30.6. The predicted molar refractivity (Wildman–Crippen MR) is 156 cm³/mol. The van der Waals surface area contributed by atoms with Gasteiger partial charge in [0.2, 0.25) is 0 Å². The van der Waals surface area contributed by atoms with Gasteiger partial charge in [0, 0.05) is 25.2 Å². The van der Waals surface area contributed by atoms with Crippen LogP contribution in [0.1, 0.15) is 74.0 Å². The number of nitrogen functional groups attached to an aromatic ring is 1. The van der Waals surface area contributed by atoms with Gasteiger partial charge < -0.3 is 25.4 Å². The number of ether oxygens (including phenoxy) is 2. The number of benzene rings is 2. The molecular formula is C31H37FN6O4. The molecule has 1 aliphatic rings. The van der Waals surface area contributed by atoms with Gasteiger partial charge in [-0.3, -0.25) is 4.79 Å². The van der Waals surface area contributed by atoms with Crippen molar-refractivity contribution in [2.45, 2.75) is 70.7 Å². The Morgan fingerprint density at radius 1 is 1.21 bits per heavy atom. The van der Waals surface area contributed by atoms with Crippen molar-refractivity contribution < 1.29 is 23.5 Å². The first-order valence-electron chi connectivity index (χ1n) is 13.9. The predicted octanol–water partition coefficient (Wildman–Crippen LogP) is 5.43. The molecule has 1 fully saturated rings. The highest BCUT2D eigenvalue weighted by Crippen LogP contribution is 2.36. The first-order chi connectivity index (χ1) is 19.9. The third kappa shape index (κ3) is 6.82. The molecule has 0 bridgehead atoms. The van der Waals surface area contributed by atoms with Gasteiger partial charge in [-0.2, -0.15) is 10.4 Å². The van der Waals surface area contributed by atoms with Crippen molar-refractivity contribution in [3.8, 4) is 23.1 Å². The molecule has 1 saturated carbocycles. The van der Waals surface area contributed by atoms with Gasteiger partial charge >= 0.3 is 6.09 Å². The standard InChI is InChI=1S/C31H37FN6O4/c1-31(2,3)42-30(40)37(4)22-7-6-8-23(16-22)38-28(34)25(17-33)27(36-38)20-11-9-19(10-12-20)18-35-29(39)24-15-21(32)13-14-26(24)41-5/h9-15,22-23H,6-8,16,18,34H2,1-5H3,(H,35,39)/t22-,23-/m0/s1. The van der Waals surface area contributed by atoms with Gasteiger partial charge in [-0.15, -0.1) is 0 Å². The van der Waals surface area contributed by atoms with Crippen LogP contribution in [0.4, 0.5) is 15.0 Å². The van der Waals surface area contributed by atoms with E-state index in [9.17, 15) is 19.2 Å². The number of hydrogen-bond donors (Lipinski definition) is 2. The molecule has 222 valence electrons. The molecule has 1 heterocycles. The lowest BCUT2D eigenvalue weighted by Crippen LogP contribution is -2.43. The summed E-state index contributed by atoms with van der Waals surface area (Å²) in [7, 11) is 3.17. The largest absolute Gasteiger partial charge is 0.496 e. The average Bonchev–Trinajstić information content (AvgIpc) is 3.30. The number of carbonyl (C=O) groups excluding carboxylic acids is 2. The van der Waals surface area contributed by atoms with Gasteiger partial charge in [-0.25, -0.2) is 13.9 Å². The molecule has 0 unspecified atom stereocenters. The van der Waals surface area contributed by atoms with E-state index in [1.165, 1.54) is 19.2 Å². The number of carbonyl (C=O) groups is 2. The van der Waals surface area contributed by atoms with Crippen molar-refractivity contribution in [2.24, 2.45) is 0 Å². The maximum Gasteiger partial charge on any atom is 0.410 e. The maximum atomic E-state index is 13.7. The highest BCUT2D eigenvalue weighted by molar-refractivity contribution is 5.96. The molecule has 0 radical (unpaired) electrons. The number of nitrogens with zero attached hydrogens (tertiary/aromatic N) is 4. The second-order valence-electron chi connectivity index (χ2n) is 11.5. The van der Waals surface area contributed by atoms with E-state index in [2.05, 4.69) is 11.4 Å². The summed E-state index contributed by atoms with van der Waals surface area (Å²) < 4.78 is 26.1. The summed E-state index contributed by atoms with van der Waals surface area (Å²) in [5.74, 6) is -0.423. The number of nitrogens with two attached hydrogens (primary N) is 1. The van der Waals surface area contributed by atoms with Crippen LogP contribution in [-0.4, -0.2) is 52.5 Å². The number of amides is 2. The Morgan fingerprint density at radius 3 is 2.57 bits per heavy atom. The minimum atomic E-state index is -0.585. The van der Waals surface area contributed by atoms with Crippen LogP contribution in [0.15, 0.2) is 42.5 Å². The van der Waals surface area contributed by atoms with Crippen LogP contribution < -0.4 is 15.8 Å². The van der Waals surface area contributed by atoms with Crippen molar-refractivity contribution in [1.82, 2.24) is 20.0 Å². The number of methoxy groups -OCH3 is 1. The van der Waals surface area contributed by atoms with Gasteiger partial charge in [0.05, 0.1) is 18.7 Å². The van der Waals surface area contributed by atoms with Crippen LogP contribution in [-0.2, 0) is 11.3 Å². The van der Waals surface area contributed by atoms with Crippen LogP contribution in [0, 0.1) is 17.1 Å². The molecule has 11 heteroatoms. The second kappa shape index (κ2) is 12.5. The molecule has 0 saturated heterocycles. The molecule has 1 aromatic heterocycles. The Morgan fingerprint density at radius 2 is 1.93 bits per heavy atom. The summed E-state index contributed by atoms with van der Waals surface area (Å²) in [4.78, 5) is 26.9. The lowest BCUT2D eigenvalue weighted by atomic mass is 9.90. The molecule has 3 N–H and O–H groups in total. The average molecular weight is 577 g/mol. The summed E-state index contributed by atoms with van der Waals surface area (Å²) in [6.07, 6.45) is 2.81. The van der Waals surface area contributed by atoms with Gasteiger partial charge in [-0.05, 0) is 70.2 Å². The minimum Gasteiger partial charge on any atom is -0.496 e. The lowest BCUT2D eigenvalue weighted by Gasteiger charge is -2.36. The van der Waals surface area contributed by atoms with Crippen LogP contribution >= 0.6 is 0 Å². The van der Waals surface area contributed by atoms with Crippen LogP contribution in [0.5, 0.6) is 5.75 Å². The molecule has 2 atom stereocenters. The number of aromatic nitrogens is 2.